The van der Waals surface area contributed by atoms with E-state index in [1.807, 2.05) is 6.92 Å². The van der Waals surface area contributed by atoms with Crippen LogP contribution in [0, 0.1) is 22.5 Å². The van der Waals surface area contributed by atoms with Crippen LogP contribution in [-0.4, -0.2) is 41.4 Å². The van der Waals surface area contributed by atoms with E-state index >= 15 is 0 Å². The van der Waals surface area contributed by atoms with Crippen molar-refractivity contribution < 1.29 is 9.72 Å². The number of non-ortho nitro benzene ring substituents is 1. The number of nitrogens with two attached hydrogens (primary N) is 1. The molecule has 1 fully saturated rings. The molecule has 0 radical (unpaired) electrons. The van der Waals surface area contributed by atoms with Gasteiger partial charge in [0.15, 0.2) is 0 Å². The van der Waals surface area contributed by atoms with Gasteiger partial charge >= 0.3 is 0 Å². The van der Waals surface area contributed by atoms with Gasteiger partial charge in [0.1, 0.15) is 0 Å². The number of hydrogen-bond donors (Lipinski definition) is 2. The third kappa shape index (κ3) is 4.90. The lowest BCUT2D eigenvalue weighted by molar-refractivity contribution is -0.384. The number of nitro benzene ring substituents is 1. The van der Waals surface area contributed by atoms with Gasteiger partial charge in [-0.15, -0.1) is 12.4 Å². The minimum atomic E-state index is -0.469. The molecule has 1 heterocycles. The number of halogens is 1. The summed E-state index contributed by atoms with van der Waals surface area (Å²) in [6.07, 6.45) is 0.857. The number of carbonyl (C=O) groups excluding carboxylic acids is 1. The Bertz CT molecular complexity index is 621. The Hall–Kier alpha value is -1.70. The number of rotatable bonds is 4. The summed E-state index contributed by atoms with van der Waals surface area (Å²) < 4.78 is 0. The van der Waals surface area contributed by atoms with Crippen LogP contribution in [0.25, 0.3) is 0 Å². The summed E-state index contributed by atoms with van der Waals surface area (Å²) in [6.45, 7) is 7.82. The van der Waals surface area contributed by atoms with Crippen LogP contribution in [-0.2, 0) is 4.79 Å². The molecular formula is C16H25ClN4O3. The molecule has 1 aromatic rings. The van der Waals surface area contributed by atoms with Gasteiger partial charge in [0.2, 0.25) is 5.91 Å². The first-order valence-corrected chi connectivity index (χ1v) is 7.72. The molecule has 0 spiro atoms. The van der Waals surface area contributed by atoms with Crippen molar-refractivity contribution >= 4 is 29.7 Å². The molecule has 1 amide bonds. The van der Waals surface area contributed by atoms with Crippen LogP contribution in [0.4, 0.5) is 11.4 Å². The van der Waals surface area contributed by atoms with Crippen LogP contribution in [0.2, 0.25) is 0 Å². The Morgan fingerprint density at radius 2 is 2.17 bits per heavy atom. The number of hydrogen-bond acceptors (Lipinski definition) is 5. The van der Waals surface area contributed by atoms with Crippen molar-refractivity contribution in [2.45, 2.75) is 33.2 Å². The summed E-state index contributed by atoms with van der Waals surface area (Å²) in [7, 11) is 0. The lowest BCUT2D eigenvalue weighted by Gasteiger charge is -2.42. The fraction of sp³-hybridized carbons (Fsp3) is 0.562. The summed E-state index contributed by atoms with van der Waals surface area (Å²) in [4.78, 5) is 24.7. The number of carbonyl (C=O) groups is 1. The van der Waals surface area contributed by atoms with Crippen LogP contribution < -0.4 is 11.1 Å². The second-order valence-corrected chi connectivity index (χ2v) is 6.90. The standard InChI is InChI=1S/C16H24N4O3.ClH/c1-11-4-5-12(20(22)23)8-13(11)18-15(21)9-19-7-6-14(17)16(2,3)10-19;/h4-5,8,14H,6-7,9-10,17H2,1-3H3,(H,18,21);1H. The van der Waals surface area contributed by atoms with E-state index in [1.165, 1.54) is 12.1 Å². The van der Waals surface area contributed by atoms with Gasteiger partial charge in [-0.1, -0.05) is 19.9 Å². The smallest absolute Gasteiger partial charge is 0.271 e. The molecule has 7 nitrogen and oxygen atoms in total. The molecule has 0 bridgehead atoms. The second kappa shape index (κ2) is 7.92. The molecule has 3 N–H and O–H groups in total. The van der Waals surface area contributed by atoms with Crippen molar-refractivity contribution in [2.75, 3.05) is 25.0 Å². The van der Waals surface area contributed by atoms with Crippen molar-refractivity contribution in [1.29, 1.82) is 0 Å². The molecule has 1 aromatic carbocycles. The first-order chi connectivity index (χ1) is 10.7. The molecule has 8 heteroatoms. The summed E-state index contributed by atoms with van der Waals surface area (Å²) >= 11 is 0. The van der Waals surface area contributed by atoms with Gasteiger partial charge in [0.05, 0.1) is 17.2 Å². The maximum atomic E-state index is 12.3. The molecule has 1 saturated heterocycles. The highest BCUT2D eigenvalue weighted by atomic mass is 35.5. The van der Waals surface area contributed by atoms with Gasteiger partial charge in [-0.3, -0.25) is 19.8 Å². The molecule has 1 unspecified atom stereocenters. The fourth-order valence-electron chi connectivity index (χ4n) is 2.87. The lowest BCUT2D eigenvalue weighted by Crippen LogP contribution is -2.53. The van der Waals surface area contributed by atoms with Crippen molar-refractivity contribution in [1.82, 2.24) is 4.90 Å². The van der Waals surface area contributed by atoms with Crippen molar-refractivity contribution in [3.05, 3.63) is 33.9 Å². The minimum Gasteiger partial charge on any atom is -0.327 e. The Morgan fingerprint density at radius 3 is 2.75 bits per heavy atom. The number of amides is 1. The second-order valence-electron chi connectivity index (χ2n) is 6.90. The molecule has 0 saturated carbocycles. The zero-order valence-electron chi connectivity index (χ0n) is 14.2. The third-order valence-electron chi connectivity index (χ3n) is 4.46. The van der Waals surface area contributed by atoms with Crippen molar-refractivity contribution in [3.8, 4) is 0 Å². The fourth-order valence-corrected chi connectivity index (χ4v) is 2.87. The van der Waals surface area contributed by atoms with Gasteiger partial charge in [-0.2, -0.15) is 0 Å². The van der Waals surface area contributed by atoms with E-state index in [4.69, 9.17) is 5.73 Å². The number of piperidine rings is 1. The maximum Gasteiger partial charge on any atom is 0.271 e. The van der Waals surface area contributed by atoms with Gasteiger partial charge in [-0.25, -0.2) is 0 Å². The molecule has 134 valence electrons. The number of likely N-dealkylation sites (tertiary alicyclic amines) is 1. The quantitative estimate of drug-likeness (QED) is 0.636. The number of anilines is 1. The van der Waals surface area contributed by atoms with E-state index in [0.717, 1.165) is 25.1 Å². The van der Waals surface area contributed by atoms with Crippen molar-refractivity contribution in [3.63, 3.8) is 0 Å². The molecular weight excluding hydrogens is 332 g/mol. The monoisotopic (exact) mass is 356 g/mol. The summed E-state index contributed by atoms with van der Waals surface area (Å²) in [6, 6.07) is 4.60. The molecule has 1 atom stereocenters. The number of benzene rings is 1. The predicted molar refractivity (Wildman–Crippen MR) is 96.5 cm³/mol. The average Bonchev–Trinajstić information content (AvgIpc) is 2.44. The van der Waals surface area contributed by atoms with Crippen LogP contribution in [0.5, 0.6) is 0 Å². The van der Waals surface area contributed by atoms with Crippen LogP contribution >= 0.6 is 12.4 Å². The normalized spacial score (nSPS) is 20.1. The zero-order valence-corrected chi connectivity index (χ0v) is 15.1. The first kappa shape index (κ1) is 20.3. The largest absolute Gasteiger partial charge is 0.327 e. The van der Waals surface area contributed by atoms with E-state index in [0.29, 0.717) is 5.69 Å². The zero-order chi connectivity index (χ0) is 17.2. The Labute approximate surface area is 148 Å². The van der Waals surface area contributed by atoms with Crippen molar-refractivity contribution in [2.24, 2.45) is 11.1 Å². The van der Waals surface area contributed by atoms with E-state index in [-0.39, 0.29) is 42.0 Å². The summed E-state index contributed by atoms with van der Waals surface area (Å²) in [5, 5.41) is 13.6. The SMILES string of the molecule is Cc1ccc([N+](=O)[O-])cc1NC(=O)CN1CCC(N)C(C)(C)C1.Cl. The number of nitro groups is 1. The third-order valence-corrected chi connectivity index (χ3v) is 4.46. The number of nitrogens with one attached hydrogen (secondary N) is 1. The predicted octanol–water partition coefficient (Wildman–Crippen LogP) is 2.32. The summed E-state index contributed by atoms with van der Waals surface area (Å²) in [5.74, 6) is -0.167. The van der Waals surface area contributed by atoms with Gasteiger partial charge in [0.25, 0.3) is 5.69 Å². The van der Waals surface area contributed by atoms with Gasteiger partial charge in [-0.05, 0) is 24.3 Å². The molecule has 0 aromatic heterocycles. The van der Waals surface area contributed by atoms with Crippen LogP contribution in [0.1, 0.15) is 25.8 Å². The highest BCUT2D eigenvalue weighted by Crippen LogP contribution is 2.27. The van der Waals surface area contributed by atoms with Gasteiger partial charge in [0, 0.05) is 31.3 Å². The molecule has 1 aliphatic rings. The molecule has 24 heavy (non-hydrogen) atoms. The Balaban J connectivity index is 0.00000288. The highest BCUT2D eigenvalue weighted by molar-refractivity contribution is 5.93. The maximum absolute atomic E-state index is 12.3. The summed E-state index contributed by atoms with van der Waals surface area (Å²) in [5.41, 5.74) is 7.32. The lowest BCUT2D eigenvalue weighted by atomic mass is 9.80. The molecule has 0 aliphatic carbocycles. The minimum absolute atomic E-state index is 0. The van der Waals surface area contributed by atoms with E-state index in [2.05, 4.69) is 24.1 Å². The number of aryl methyl sites for hydroxylation is 1. The van der Waals surface area contributed by atoms with E-state index in [9.17, 15) is 14.9 Å². The Morgan fingerprint density at radius 1 is 1.50 bits per heavy atom. The van der Waals surface area contributed by atoms with E-state index in [1.54, 1.807) is 6.07 Å². The molecule has 2 rings (SSSR count). The highest BCUT2D eigenvalue weighted by Gasteiger charge is 2.33. The Kier molecular flexibility index (Phi) is 6.71. The average molecular weight is 357 g/mol. The first-order valence-electron chi connectivity index (χ1n) is 7.72. The topological polar surface area (TPSA) is 102 Å². The van der Waals surface area contributed by atoms with Crippen LogP contribution in [0.15, 0.2) is 18.2 Å². The van der Waals surface area contributed by atoms with Crippen LogP contribution in [0.3, 0.4) is 0 Å². The number of nitrogens with zero attached hydrogens (tertiary/aromatic N) is 2. The van der Waals surface area contributed by atoms with Gasteiger partial charge < -0.3 is 11.1 Å². The molecule has 1 aliphatic heterocycles. The van der Waals surface area contributed by atoms with E-state index < -0.39 is 4.92 Å².